The second-order valence-electron chi connectivity index (χ2n) is 3.33. The smallest absolute Gasteiger partial charge is 0.250 e. The zero-order chi connectivity index (χ0) is 10.8. The maximum atomic E-state index is 11.0. The van der Waals surface area contributed by atoms with E-state index in [0.29, 0.717) is 6.42 Å². The maximum Gasteiger partial charge on any atom is 0.250 e. The van der Waals surface area contributed by atoms with E-state index in [4.69, 9.17) is 0 Å². The van der Waals surface area contributed by atoms with Crippen LogP contribution in [0.25, 0.3) is 0 Å². The highest BCUT2D eigenvalue weighted by molar-refractivity contribution is 7.11. The van der Waals surface area contributed by atoms with Gasteiger partial charge in [0.25, 0.3) is 5.56 Å². The third-order valence-corrected chi connectivity index (χ3v) is 3.21. The van der Waals surface area contributed by atoms with Crippen LogP contribution in [0.4, 0.5) is 0 Å². The number of hydrogen-bond donors (Lipinski definition) is 1. The van der Waals surface area contributed by atoms with Gasteiger partial charge in [0.05, 0.1) is 22.7 Å². The molecular weight excluding hydrogens is 210 g/mol. The van der Waals surface area contributed by atoms with Gasteiger partial charge in [0.2, 0.25) is 0 Å². The molecule has 0 unspecified atom stereocenters. The predicted octanol–water partition coefficient (Wildman–Crippen LogP) is 1.43. The van der Waals surface area contributed by atoms with Crippen molar-refractivity contribution in [3.05, 3.63) is 44.0 Å². The highest BCUT2D eigenvalue weighted by Gasteiger charge is 2.05. The van der Waals surface area contributed by atoms with Gasteiger partial charge in [-0.25, -0.2) is 9.97 Å². The molecule has 2 heterocycles. The fraction of sp³-hybridized carbons (Fsp3) is 0.300. The second-order valence-corrected chi connectivity index (χ2v) is 4.62. The zero-order valence-corrected chi connectivity index (χ0v) is 9.39. The summed E-state index contributed by atoms with van der Waals surface area (Å²) < 4.78 is 0. The normalized spacial score (nSPS) is 10.5. The van der Waals surface area contributed by atoms with Crippen LogP contribution < -0.4 is 5.56 Å². The fourth-order valence-corrected chi connectivity index (χ4v) is 2.22. The van der Waals surface area contributed by atoms with Gasteiger partial charge in [0.15, 0.2) is 0 Å². The molecule has 0 bridgehead atoms. The molecule has 0 aliphatic rings. The van der Waals surface area contributed by atoms with Crippen molar-refractivity contribution in [3.63, 3.8) is 0 Å². The lowest BCUT2D eigenvalue weighted by Crippen LogP contribution is -2.06. The van der Waals surface area contributed by atoms with Crippen LogP contribution in [0.5, 0.6) is 0 Å². The Kier molecular flexibility index (Phi) is 2.64. The monoisotopic (exact) mass is 221 g/mol. The minimum absolute atomic E-state index is 0.120. The number of aromatic nitrogens is 3. The van der Waals surface area contributed by atoms with E-state index < -0.39 is 0 Å². The minimum atomic E-state index is -0.120. The number of H-pyrrole nitrogens is 1. The Morgan fingerprint density at radius 2 is 2.27 bits per heavy atom. The lowest BCUT2D eigenvalue weighted by molar-refractivity contribution is 0.986. The first-order valence-corrected chi connectivity index (χ1v) is 5.43. The summed E-state index contributed by atoms with van der Waals surface area (Å²) in [5.74, 6) is 0. The molecule has 4 nitrogen and oxygen atoms in total. The van der Waals surface area contributed by atoms with Crippen LogP contribution in [0.3, 0.4) is 0 Å². The van der Waals surface area contributed by atoms with E-state index in [1.54, 1.807) is 11.3 Å². The molecule has 0 fully saturated rings. The first kappa shape index (κ1) is 10.0. The fourth-order valence-electron chi connectivity index (χ4n) is 1.28. The van der Waals surface area contributed by atoms with Crippen LogP contribution in [0.2, 0.25) is 0 Å². The number of rotatable bonds is 2. The van der Waals surface area contributed by atoms with Crippen LogP contribution in [-0.2, 0) is 6.42 Å². The summed E-state index contributed by atoms with van der Waals surface area (Å²) in [5, 5.41) is 1.00. The molecule has 0 aromatic carbocycles. The van der Waals surface area contributed by atoms with Crippen molar-refractivity contribution in [1.29, 1.82) is 0 Å². The van der Waals surface area contributed by atoms with E-state index >= 15 is 0 Å². The molecule has 0 atom stereocenters. The molecule has 78 valence electrons. The Morgan fingerprint density at radius 3 is 2.87 bits per heavy atom. The number of aromatic amines is 1. The molecule has 0 saturated carbocycles. The van der Waals surface area contributed by atoms with Crippen molar-refractivity contribution in [2.75, 3.05) is 0 Å². The molecule has 2 aromatic heterocycles. The van der Waals surface area contributed by atoms with Gasteiger partial charge in [-0.05, 0) is 13.8 Å². The maximum absolute atomic E-state index is 11.0. The van der Waals surface area contributed by atoms with Gasteiger partial charge >= 0.3 is 0 Å². The molecule has 0 amide bonds. The molecular formula is C10H11N3OS. The Hall–Kier alpha value is -1.49. The summed E-state index contributed by atoms with van der Waals surface area (Å²) in [6.07, 6.45) is 2.05. The molecule has 15 heavy (non-hydrogen) atoms. The average Bonchev–Trinajstić information content (AvgIpc) is 2.45. The Bertz CT molecular complexity index is 510. The first-order valence-electron chi connectivity index (χ1n) is 4.61. The third-order valence-electron chi connectivity index (χ3n) is 2.14. The Morgan fingerprint density at radius 1 is 1.47 bits per heavy atom. The molecule has 0 spiro atoms. The van der Waals surface area contributed by atoms with E-state index in [1.807, 2.05) is 13.8 Å². The van der Waals surface area contributed by atoms with Crippen molar-refractivity contribution < 1.29 is 0 Å². The number of hydrogen-bond acceptors (Lipinski definition) is 4. The molecule has 2 aromatic rings. The predicted molar refractivity (Wildman–Crippen MR) is 59.3 cm³/mol. The van der Waals surface area contributed by atoms with Gasteiger partial charge < -0.3 is 4.98 Å². The van der Waals surface area contributed by atoms with Crippen molar-refractivity contribution in [3.8, 4) is 0 Å². The van der Waals surface area contributed by atoms with E-state index in [2.05, 4.69) is 15.0 Å². The highest BCUT2D eigenvalue weighted by atomic mass is 32.1. The number of aryl methyl sites for hydroxylation is 2. The summed E-state index contributed by atoms with van der Waals surface area (Å²) in [6, 6.07) is 1.51. The van der Waals surface area contributed by atoms with E-state index in [0.717, 1.165) is 16.4 Å². The number of thiazole rings is 1. The summed E-state index contributed by atoms with van der Waals surface area (Å²) in [5.41, 5.74) is 1.69. The van der Waals surface area contributed by atoms with Crippen LogP contribution in [-0.4, -0.2) is 15.0 Å². The minimum Gasteiger partial charge on any atom is -0.313 e. The average molecular weight is 221 g/mol. The Balaban J connectivity index is 2.25. The van der Waals surface area contributed by atoms with Crippen LogP contribution in [0.1, 0.15) is 21.3 Å². The van der Waals surface area contributed by atoms with E-state index in [1.165, 1.54) is 17.3 Å². The molecule has 2 rings (SSSR count). The summed E-state index contributed by atoms with van der Waals surface area (Å²) in [6.45, 7) is 4.03. The van der Waals surface area contributed by atoms with Gasteiger partial charge in [0.1, 0.15) is 0 Å². The topological polar surface area (TPSA) is 58.6 Å². The molecule has 0 saturated heterocycles. The standard InChI is InChI=1S/C10H11N3OS/c1-6-7(2)15-10(13-6)4-8-3-9(14)12-5-11-8/h3,5H,4H2,1-2H3,(H,11,12,14). The SMILES string of the molecule is Cc1nc(Cc2cc(=O)[nH]cn2)sc1C. The van der Waals surface area contributed by atoms with Gasteiger partial charge in [-0.1, -0.05) is 0 Å². The highest BCUT2D eigenvalue weighted by Crippen LogP contribution is 2.18. The summed E-state index contributed by atoms with van der Waals surface area (Å²) in [7, 11) is 0. The second kappa shape index (κ2) is 3.94. The molecule has 0 aliphatic heterocycles. The van der Waals surface area contributed by atoms with Crippen molar-refractivity contribution >= 4 is 11.3 Å². The first-order chi connectivity index (χ1) is 7.15. The van der Waals surface area contributed by atoms with E-state index in [-0.39, 0.29) is 5.56 Å². The quantitative estimate of drug-likeness (QED) is 0.834. The molecule has 5 heteroatoms. The van der Waals surface area contributed by atoms with Gasteiger partial charge in [-0.3, -0.25) is 4.79 Å². The van der Waals surface area contributed by atoms with Gasteiger partial charge in [-0.2, -0.15) is 0 Å². The van der Waals surface area contributed by atoms with Gasteiger partial charge in [-0.15, -0.1) is 11.3 Å². The summed E-state index contributed by atoms with van der Waals surface area (Å²) in [4.78, 5) is 23.2. The molecule has 1 N–H and O–H groups in total. The zero-order valence-electron chi connectivity index (χ0n) is 8.57. The largest absolute Gasteiger partial charge is 0.313 e. The molecule has 0 radical (unpaired) electrons. The third kappa shape index (κ3) is 2.30. The lowest BCUT2D eigenvalue weighted by atomic mass is 10.3. The van der Waals surface area contributed by atoms with E-state index in [9.17, 15) is 4.79 Å². The number of nitrogens with zero attached hydrogens (tertiary/aromatic N) is 2. The van der Waals surface area contributed by atoms with Crippen molar-refractivity contribution in [2.45, 2.75) is 20.3 Å². The molecule has 0 aliphatic carbocycles. The van der Waals surface area contributed by atoms with Crippen LogP contribution in [0, 0.1) is 13.8 Å². The number of nitrogens with one attached hydrogen (secondary N) is 1. The Labute approximate surface area is 91.0 Å². The summed E-state index contributed by atoms with van der Waals surface area (Å²) >= 11 is 1.65. The van der Waals surface area contributed by atoms with Crippen molar-refractivity contribution in [1.82, 2.24) is 15.0 Å². The van der Waals surface area contributed by atoms with Crippen LogP contribution >= 0.6 is 11.3 Å². The van der Waals surface area contributed by atoms with Gasteiger partial charge in [0, 0.05) is 17.4 Å². The van der Waals surface area contributed by atoms with Crippen LogP contribution in [0.15, 0.2) is 17.2 Å². The lowest BCUT2D eigenvalue weighted by Gasteiger charge is -1.94. The van der Waals surface area contributed by atoms with Crippen molar-refractivity contribution in [2.24, 2.45) is 0 Å².